The minimum absolute atomic E-state index is 0.121. The van der Waals surface area contributed by atoms with E-state index in [1.54, 1.807) is 6.07 Å². The average Bonchev–Trinajstić information content (AvgIpc) is 3.32. The second-order valence-electron chi connectivity index (χ2n) is 7.92. The molecule has 0 atom stereocenters. The number of nitrogens with zero attached hydrogens (tertiary/aromatic N) is 3. The number of nitro groups is 1. The summed E-state index contributed by atoms with van der Waals surface area (Å²) in [7, 11) is 0. The van der Waals surface area contributed by atoms with Crippen molar-refractivity contribution in [3.05, 3.63) is 88.0 Å². The van der Waals surface area contributed by atoms with E-state index in [-0.39, 0.29) is 23.7 Å². The fourth-order valence-electron chi connectivity index (χ4n) is 3.94. The van der Waals surface area contributed by atoms with Crippen LogP contribution in [0.25, 0.3) is 22.6 Å². The number of ether oxygens (including phenoxy) is 1. The fraction of sp³-hybridized carbons (Fsp3) is 0.200. The van der Waals surface area contributed by atoms with E-state index in [2.05, 4.69) is 10.3 Å². The number of rotatable bonds is 6. The number of amides is 1. The Morgan fingerprint density at radius 1 is 1.06 bits per heavy atom. The maximum absolute atomic E-state index is 13.0. The van der Waals surface area contributed by atoms with Crippen LogP contribution < -0.4 is 10.2 Å². The predicted molar refractivity (Wildman–Crippen MR) is 127 cm³/mol. The Bertz CT molecular complexity index is 1310. The summed E-state index contributed by atoms with van der Waals surface area (Å²) in [5.41, 5.74) is 4.05. The number of morpholine rings is 1. The Morgan fingerprint density at radius 2 is 1.82 bits per heavy atom. The van der Waals surface area contributed by atoms with Crippen molar-refractivity contribution in [3.63, 3.8) is 0 Å². The van der Waals surface area contributed by atoms with Gasteiger partial charge in [0.25, 0.3) is 11.6 Å². The predicted octanol–water partition coefficient (Wildman–Crippen LogP) is 4.17. The molecule has 1 fully saturated rings. The second-order valence-corrected chi connectivity index (χ2v) is 7.92. The van der Waals surface area contributed by atoms with Gasteiger partial charge in [0.2, 0.25) is 5.89 Å². The number of hydrogen-bond donors (Lipinski definition) is 1. The van der Waals surface area contributed by atoms with Crippen molar-refractivity contribution in [3.8, 4) is 11.5 Å². The molecule has 0 radical (unpaired) electrons. The maximum atomic E-state index is 13.0. The Kier molecular flexibility index (Phi) is 5.92. The molecule has 2 heterocycles. The summed E-state index contributed by atoms with van der Waals surface area (Å²) < 4.78 is 11.2. The molecule has 1 N–H and O–H groups in total. The lowest BCUT2D eigenvalue weighted by Gasteiger charge is -2.30. The number of aromatic nitrogens is 1. The summed E-state index contributed by atoms with van der Waals surface area (Å²) in [5, 5.41) is 14.2. The van der Waals surface area contributed by atoms with Gasteiger partial charge in [-0.25, -0.2) is 4.98 Å². The molecular formula is C25H22N4O5. The number of nitro benzene ring substituents is 1. The number of anilines is 1. The molecule has 0 saturated carbocycles. The summed E-state index contributed by atoms with van der Waals surface area (Å²) in [6, 6.07) is 19.5. The van der Waals surface area contributed by atoms with Crippen LogP contribution in [0.4, 0.5) is 11.4 Å². The van der Waals surface area contributed by atoms with Crippen LogP contribution >= 0.6 is 0 Å². The Hall–Kier alpha value is -4.24. The van der Waals surface area contributed by atoms with Gasteiger partial charge in [-0.15, -0.1) is 0 Å². The van der Waals surface area contributed by atoms with Crippen molar-refractivity contribution in [2.45, 2.75) is 6.54 Å². The zero-order chi connectivity index (χ0) is 23.5. The van der Waals surface area contributed by atoms with Crippen LogP contribution in [0.1, 0.15) is 15.9 Å². The Morgan fingerprint density at radius 3 is 2.56 bits per heavy atom. The molecule has 0 bridgehead atoms. The number of carbonyl (C=O) groups is 1. The molecule has 3 aromatic carbocycles. The van der Waals surface area contributed by atoms with Gasteiger partial charge >= 0.3 is 0 Å². The Labute approximate surface area is 195 Å². The highest BCUT2D eigenvalue weighted by atomic mass is 16.6. The summed E-state index contributed by atoms with van der Waals surface area (Å²) in [5.74, 6) is 0.164. The normalized spacial score (nSPS) is 13.7. The highest BCUT2D eigenvalue weighted by molar-refractivity contribution is 6.00. The number of carbonyl (C=O) groups excluding carboxylic acids is 1. The third-order valence-electron chi connectivity index (χ3n) is 5.74. The van der Waals surface area contributed by atoms with Gasteiger partial charge in [-0.2, -0.15) is 0 Å². The molecule has 1 saturated heterocycles. The first-order valence-electron chi connectivity index (χ1n) is 10.9. The third-order valence-corrected chi connectivity index (χ3v) is 5.74. The van der Waals surface area contributed by atoms with Crippen molar-refractivity contribution >= 4 is 28.4 Å². The minimum Gasteiger partial charge on any atom is -0.436 e. The number of para-hydroxylation sites is 2. The summed E-state index contributed by atoms with van der Waals surface area (Å²) >= 11 is 0. The molecule has 1 amide bonds. The number of non-ortho nitro benzene ring substituents is 1. The van der Waals surface area contributed by atoms with E-state index in [1.165, 1.54) is 12.1 Å². The molecule has 5 rings (SSSR count). The fourth-order valence-corrected chi connectivity index (χ4v) is 3.94. The molecule has 9 nitrogen and oxygen atoms in total. The lowest BCUT2D eigenvalue weighted by Crippen LogP contribution is -2.38. The number of oxazole rings is 1. The van der Waals surface area contributed by atoms with Crippen molar-refractivity contribution < 1.29 is 18.9 Å². The number of nitrogens with one attached hydrogen (secondary N) is 1. The molecule has 1 aliphatic heterocycles. The van der Waals surface area contributed by atoms with E-state index in [1.807, 2.05) is 53.4 Å². The van der Waals surface area contributed by atoms with Crippen LogP contribution in [0.5, 0.6) is 0 Å². The molecule has 0 unspecified atom stereocenters. The van der Waals surface area contributed by atoms with Gasteiger partial charge in [-0.05, 0) is 35.9 Å². The monoisotopic (exact) mass is 458 g/mol. The van der Waals surface area contributed by atoms with Crippen molar-refractivity contribution in [1.82, 2.24) is 10.3 Å². The highest BCUT2D eigenvalue weighted by Crippen LogP contribution is 2.27. The number of benzene rings is 3. The van der Waals surface area contributed by atoms with E-state index in [0.717, 1.165) is 22.2 Å². The first-order chi connectivity index (χ1) is 16.6. The van der Waals surface area contributed by atoms with Gasteiger partial charge in [0, 0.05) is 37.3 Å². The van der Waals surface area contributed by atoms with Crippen LogP contribution in [-0.4, -0.2) is 42.1 Å². The molecule has 0 aliphatic carbocycles. The molecule has 34 heavy (non-hydrogen) atoms. The number of fused-ring (bicyclic) bond motifs is 1. The SMILES string of the molecule is O=C(NCc1ccc(-c2nc3ccccc3o2)cc1)c1cc([N+](=O)[O-])ccc1N1CCOCC1. The molecule has 172 valence electrons. The molecule has 4 aromatic rings. The van der Waals surface area contributed by atoms with E-state index >= 15 is 0 Å². The van der Waals surface area contributed by atoms with E-state index in [0.29, 0.717) is 37.9 Å². The van der Waals surface area contributed by atoms with E-state index in [4.69, 9.17) is 9.15 Å². The Balaban J connectivity index is 1.31. The van der Waals surface area contributed by atoms with E-state index < -0.39 is 4.92 Å². The maximum Gasteiger partial charge on any atom is 0.270 e. The molecule has 0 spiro atoms. The largest absolute Gasteiger partial charge is 0.436 e. The van der Waals surface area contributed by atoms with Crippen LogP contribution in [-0.2, 0) is 11.3 Å². The average molecular weight is 458 g/mol. The quantitative estimate of drug-likeness (QED) is 0.341. The van der Waals surface area contributed by atoms with E-state index in [9.17, 15) is 14.9 Å². The summed E-state index contributed by atoms with van der Waals surface area (Å²) in [4.78, 5) is 30.3. The van der Waals surface area contributed by atoms with Crippen molar-refractivity contribution in [2.24, 2.45) is 0 Å². The van der Waals surface area contributed by atoms with Gasteiger partial charge in [0.15, 0.2) is 5.58 Å². The molecule has 1 aromatic heterocycles. The zero-order valence-corrected chi connectivity index (χ0v) is 18.3. The van der Waals surface area contributed by atoms with Crippen molar-refractivity contribution in [2.75, 3.05) is 31.2 Å². The smallest absolute Gasteiger partial charge is 0.270 e. The van der Waals surface area contributed by atoms with Gasteiger partial charge in [-0.1, -0.05) is 24.3 Å². The summed E-state index contributed by atoms with van der Waals surface area (Å²) in [6.07, 6.45) is 0. The molecule has 1 aliphatic rings. The van der Waals surface area contributed by atoms with Gasteiger partial charge in [-0.3, -0.25) is 14.9 Å². The number of hydrogen-bond acceptors (Lipinski definition) is 7. The van der Waals surface area contributed by atoms with Crippen LogP contribution in [0.2, 0.25) is 0 Å². The van der Waals surface area contributed by atoms with Gasteiger partial charge in [0.1, 0.15) is 5.52 Å². The van der Waals surface area contributed by atoms with Crippen molar-refractivity contribution in [1.29, 1.82) is 0 Å². The third kappa shape index (κ3) is 4.46. The summed E-state index contributed by atoms with van der Waals surface area (Å²) in [6.45, 7) is 2.61. The standard InChI is InChI=1S/C25H22N4O5/c30-24(20-15-19(29(31)32)9-10-22(20)28-11-13-33-14-12-28)26-16-17-5-7-18(8-6-17)25-27-21-3-1-2-4-23(21)34-25/h1-10,15H,11-14,16H2,(H,26,30). The lowest BCUT2D eigenvalue weighted by molar-refractivity contribution is -0.384. The molecule has 9 heteroatoms. The first kappa shape index (κ1) is 21.6. The van der Waals surface area contributed by atoms with Crippen LogP contribution in [0.15, 0.2) is 71.1 Å². The second kappa shape index (κ2) is 9.32. The van der Waals surface area contributed by atoms with Crippen LogP contribution in [0, 0.1) is 10.1 Å². The molecular weight excluding hydrogens is 436 g/mol. The van der Waals surface area contributed by atoms with Gasteiger partial charge < -0.3 is 19.4 Å². The minimum atomic E-state index is -0.495. The van der Waals surface area contributed by atoms with Crippen LogP contribution in [0.3, 0.4) is 0 Å². The highest BCUT2D eigenvalue weighted by Gasteiger charge is 2.22. The van der Waals surface area contributed by atoms with Gasteiger partial charge in [0.05, 0.1) is 29.4 Å². The zero-order valence-electron chi connectivity index (χ0n) is 18.3. The topological polar surface area (TPSA) is 111 Å². The first-order valence-corrected chi connectivity index (χ1v) is 10.9. The lowest BCUT2D eigenvalue weighted by atomic mass is 10.1.